The molecule has 194 valence electrons. The number of carbonyl (C=O) groups excluding carboxylic acids is 2. The van der Waals surface area contributed by atoms with Crippen molar-refractivity contribution in [3.63, 3.8) is 0 Å². The van der Waals surface area contributed by atoms with Gasteiger partial charge in [-0.15, -0.1) is 0 Å². The van der Waals surface area contributed by atoms with E-state index in [2.05, 4.69) is 15.8 Å². The molecule has 1 aliphatic rings. The van der Waals surface area contributed by atoms with Gasteiger partial charge in [-0.05, 0) is 67.3 Å². The number of ether oxygens (including phenoxy) is 1. The largest absolute Gasteiger partial charge is 0.484 e. The number of nitrogens with one attached hydrogen (secondary N) is 2. The van der Waals surface area contributed by atoms with Crippen molar-refractivity contribution in [2.45, 2.75) is 45.1 Å². The lowest BCUT2D eigenvalue weighted by Crippen LogP contribution is -2.39. The molecule has 2 aromatic carbocycles. The van der Waals surface area contributed by atoms with Crippen LogP contribution in [-0.2, 0) is 19.6 Å². The van der Waals surface area contributed by atoms with Crippen LogP contribution in [0.5, 0.6) is 5.75 Å². The van der Waals surface area contributed by atoms with E-state index in [1.807, 2.05) is 0 Å². The Bertz CT molecular complexity index is 1200. The first-order valence-electron chi connectivity index (χ1n) is 11.7. The van der Waals surface area contributed by atoms with Gasteiger partial charge in [0.25, 0.3) is 11.8 Å². The summed E-state index contributed by atoms with van der Waals surface area (Å²) in [6.45, 7) is 1.23. The van der Waals surface area contributed by atoms with Gasteiger partial charge in [0.05, 0.1) is 18.2 Å². The maximum atomic E-state index is 12.4. The van der Waals surface area contributed by atoms with Crippen molar-refractivity contribution in [3.05, 3.63) is 58.6 Å². The van der Waals surface area contributed by atoms with E-state index in [9.17, 15) is 18.0 Å². The van der Waals surface area contributed by atoms with Crippen LogP contribution in [0.1, 0.15) is 43.2 Å². The SMILES string of the molecule is Cc1ccc(Cl)cc1N(CC(=O)N/N=C\c1ccc(OCC(=O)NC2CCCCC2)cc1)S(C)(=O)=O. The number of anilines is 1. The van der Waals surface area contributed by atoms with Gasteiger partial charge < -0.3 is 10.1 Å². The van der Waals surface area contributed by atoms with Crippen LogP contribution in [0.15, 0.2) is 47.6 Å². The van der Waals surface area contributed by atoms with Crippen LogP contribution in [0.2, 0.25) is 5.02 Å². The predicted molar refractivity (Wildman–Crippen MR) is 141 cm³/mol. The number of hydrogen-bond donors (Lipinski definition) is 2. The Morgan fingerprint density at radius 1 is 1.11 bits per heavy atom. The van der Waals surface area contributed by atoms with E-state index in [0.29, 0.717) is 27.6 Å². The van der Waals surface area contributed by atoms with Gasteiger partial charge in [-0.2, -0.15) is 5.10 Å². The number of hydrazone groups is 1. The zero-order valence-corrected chi connectivity index (χ0v) is 21.9. The minimum Gasteiger partial charge on any atom is -0.484 e. The molecule has 0 aliphatic heterocycles. The molecule has 0 radical (unpaired) electrons. The molecule has 2 N–H and O–H groups in total. The Morgan fingerprint density at radius 3 is 2.47 bits per heavy atom. The van der Waals surface area contributed by atoms with Gasteiger partial charge in [-0.1, -0.05) is 36.9 Å². The van der Waals surface area contributed by atoms with Gasteiger partial charge >= 0.3 is 0 Å². The molecular weight excluding hydrogens is 504 g/mol. The number of halogens is 1. The molecule has 0 bridgehead atoms. The molecule has 36 heavy (non-hydrogen) atoms. The van der Waals surface area contributed by atoms with Gasteiger partial charge in [0.15, 0.2) is 6.61 Å². The summed E-state index contributed by atoms with van der Waals surface area (Å²) in [5, 5.41) is 7.27. The number of benzene rings is 2. The van der Waals surface area contributed by atoms with E-state index in [1.54, 1.807) is 43.3 Å². The molecule has 3 rings (SSSR count). The number of nitrogens with zero attached hydrogens (tertiary/aromatic N) is 2. The molecule has 1 fully saturated rings. The number of sulfonamides is 1. The van der Waals surface area contributed by atoms with Crippen LogP contribution in [0.25, 0.3) is 0 Å². The summed E-state index contributed by atoms with van der Waals surface area (Å²) in [5.74, 6) is -0.206. The summed E-state index contributed by atoms with van der Waals surface area (Å²) in [6, 6.07) is 11.9. The predicted octanol–water partition coefficient (Wildman–Crippen LogP) is 3.39. The van der Waals surface area contributed by atoms with Crippen LogP contribution < -0.4 is 19.8 Å². The fourth-order valence-corrected chi connectivity index (χ4v) is 4.96. The molecule has 0 heterocycles. The average molecular weight is 535 g/mol. The Morgan fingerprint density at radius 2 is 1.81 bits per heavy atom. The summed E-state index contributed by atoms with van der Waals surface area (Å²) >= 11 is 6.01. The molecule has 0 aromatic heterocycles. The van der Waals surface area contributed by atoms with Crippen LogP contribution in [-0.4, -0.2) is 51.9 Å². The minimum atomic E-state index is -3.73. The molecule has 1 aliphatic carbocycles. The maximum Gasteiger partial charge on any atom is 0.260 e. The second-order valence-electron chi connectivity index (χ2n) is 8.75. The lowest BCUT2D eigenvalue weighted by atomic mass is 9.95. The summed E-state index contributed by atoms with van der Waals surface area (Å²) in [5.41, 5.74) is 4.01. The zero-order valence-electron chi connectivity index (χ0n) is 20.4. The molecule has 1 saturated carbocycles. The van der Waals surface area contributed by atoms with Crippen LogP contribution in [0, 0.1) is 6.92 Å². The van der Waals surface area contributed by atoms with Gasteiger partial charge in [0.1, 0.15) is 12.3 Å². The fraction of sp³-hybridized carbons (Fsp3) is 0.400. The maximum absolute atomic E-state index is 12.4. The van der Waals surface area contributed by atoms with Crippen molar-refractivity contribution >= 4 is 45.3 Å². The summed E-state index contributed by atoms with van der Waals surface area (Å²) < 4.78 is 31.1. The molecular formula is C25H31ClN4O5S. The first-order chi connectivity index (χ1) is 17.1. The van der Waals surface area contributed by atoms with Crippen LogP contribution in [0.3, 0.4) is 0 Å². The smallest absolute Gasteiger partial charge is 0.260 e. The number of rotatable bonds is 10. The van der Waals surface area contributed by atoms with Crippen molar-refractivity contribution in [2.24, 2.45) is 5.10 Å². The third-order valence-corrected chi connectivity index (χ3v) is 7.11. The molecule has 0 unspecified atom stereocenters. The lowest BCUT2D eigenvalue weighted by Gasteiger charge is -2.23. The number of carbonyl (C=O) groups is 2. The van der Waals surface area contributed by atoms with Crippen molar-refractivity contribution < 1.29 is 22.7 Å². The van der Waals surface area contributed by atoms with E-state index in [1.165, 1.54) is 18.7 Å². The summed E-state index contributed by atoms with van der Waals surface area (Å²) in [4.78, 5) is 24.5. The molecule has 2 amide bonds. The third-order valence-electron chi connectivity index (χ3n) is 5.75. The Labute approximate surface area is 216 Å². The lowest BCUT2D eigenvalue weighted by molar-refractivity contribution is -0.124. The molecule has 0 spiro atoms. The molecule has 9 nitrogen and oxygen atoms in total. The Hall–Kier alpha value is -3.11. The second-order valence-corrected chi connectivity index (χ2v) is 11.1. The number of aryl methyl sites for hydroxylation is 1. The zero-order chi connectivity index (χ0) is 26.1. The standard InChI is InChI=1S/C25H31ClN4O5S/c1-18-8-11-20(26)14-23(18)30(36(2,33)34)16-24(31)29-27-15-19-9-12-22(13-10-19)35-17-25(32)28-21-6-4-3-5-7-21/h8-15,21H,3-7,16-17H2,1-2H3,(H,28,32)(H,29,31)/b27-15-. The monoisotopic (exact) mass is 534 g/mol. The van der Waals surface area contributed by atoms with Crippen molar-refractivity contribution in [1.82, 2.24) is 10.7 Å². The highest BCUT2D eigenvalue weighted by Crippen LogP contribution is 2.26. The second kappa shape index (κ2) is 12.7. The van der Waals surface area contributed by atoms with Crippen LogP contribution in [0.4, 0.5) is 5.69 Å². The summed E-state index contributed by atoms with van der Waals surface area (Å²) in [7, 11) is -3.73. The topological polar surface area (TPSA) is 117 Å². The highest BCUT2D eigenvalue weighted by molar-refractivity contribution is 7.92. The van der Waals surface area contributed by atoms with Gasteiger partial charge in [0.2, 0.25) is 10.0 Å². The third kappa shape index (κ3) is 8.53. The van der Waals surface area contributed by atoms with E-state index < -0.39 is 22.5 Å². The molecule has 0 atom stereocenters. The Balaban J connectivity index is 1.49. The van der Waals surface area contributed by atoms with E-state index in [4.69, 9.17) is 16.3 Å². The van der Waals surface area contributed by atoms with Gasteiger partial charge in [0, 0.05) is 11.1 Å². The van der Waals surface area contributed by atoms with Crippen molar-refractivity contribution in [1.29, 1.82) is 0 Å². The quantitative estimate of drug-likeness (QED) is 0.358. The van der Waals surface area contributed by atoms with Gasteiger partial charge in [-0.3, -0.25) is 13.9 Å². The molecule has 2 aromatic rings. The molecule has 11 heteroatoms. The van der Waals surface area contributed by atoms with E-state index in [-0.39, 0.29) is 18.6 Å². The molecule has 0 saturated heterocycles. The Kier molecular flexibility index (Phi) is 9.72. The first kappa shape index (κ1) is 27.5. The number of amides is 2. The van der Waals surface area contributed by atoms with Gasteiger partial charge in [-0.25, -0.2) is 13.8 Å². The van der Waals surface area contributed by atoms with E-state index in [0.717, 1.165) is 36.2 Å². The summed E-state index contributed by atoms with van der Waals surface area (Å²) in [6.07, 6.45) is 8.00. The van der Waals surface area contributed by atoms with Crippen molar-refractivity contribution in [3.8, 4) is 5.75 Å². The highest BCUT2D eigenvalue weighted by atomic mass is 35.5. The minimum absolute atomic E-state index is 0.0526. The van der Waals surface area contributed by atoms with Crippen molar-refractivity contribution in [2.75, 3.05) is 23.7 Å². The number of hydrogen-bond acceptors (Lipinski definition) is 6. The van der Waals surface area contributed by atoms with E-state index >= 15 is 0 Å². The first-order valence-corrected chi connectivity index (χ1v) is 13.9. The average Bonchev–Trinajstić information content (AvgIpc) is 2.84. The van der Waals surface area contributed by atoms with Crippen LogP contribution >= 0.6 is 11.6 Å². The normalized spacial score (nSPS) is 14.4. The fourth-order valence-electron chi connectivity index (χ4n) is 3.89. The highest BCUT2D eigenvalue weighted by Gasteiger charge is 2.22.